The fourth-order valence-corrected chi connectivity index (χ4v) is 2.95. The first-order valence-corrected chi connectivity index (χ1v) is 5.60. The summed E-state index contributed by atoms with van der Waals surface area (Å²) in [5.74, 6) is 0.231. The first-order chi connectivity index (χ1) is 6.53. The third kappa shape index (κ3) is 1.44. The van der Waals surface area contributed by atoms with Crippen LogP contribution in [-0.4, -0.2) is 35.0 Å². The number of hydrogen-bond acceptors (Lipinski definition) is 2. The van der Waals surface area contributed by atoms with Crippen molar-refractivity contribution in [3.63, 3.8) is 0 Å². The molecule has 2 aliphatic heterocycles. The Morgan fingerprint density at radius 2 is 2.29 bits per heavy atom. The second kappa shape index (κ2) is 3.23. The predicted octanol–water partition coefficient (Wildman–Crippen LogP) is 1.14. The zero-order valence-corrected chi connectivity index (χ0v) is 9.34. The van der Waals surface area contributed by atoms with Gasteiger partial charge in [-0.15, -0.1) is 0 Å². The molecular formula is C11H20N2O. The van der Waals surface area contributed by atoms with E-state index in [4.69, 9.17) is 0 Å². The molecule has 3 nitrogen and oxygen atoms in total. The smallest absolute Gasteiger partial charge is 0.220 e. The molecule has 2 atom stereocenters. The molecule has 3 heteroatoms. The lowest BCUT2D eigenvalue weighted by Gasteiger charge is -2.41. The lowest BCUT2D eigenvalue weighted by Crippen LogP contribution is -2.59. The second-order valence-corrected chi connectivity index (χ2v) is 5.10. The van der Waals surface area contributed by atoms with Crippen molar-refractivity contribution in [2.75, 3.05) is 6.54 Å². The van der Waals surface area contributed by atoms with E-state index in [2.05, 4.69) is 31.0 Å². The van der Waals surface area contributed by atoms with Gasteiger partial charge in [0.05, 0.1) is 5.54 Å². The highest BCUT2D eigenvalue weighted by molar-refractivity contribution is 5.78. The summed E-state index contributed by atoms with van der Waals surface area (Å²) in [7, 11) is 0. The van der Waals surface area contributed by atoms with E-state index in [-0.39, 0.29) is 11.4 Å². The lowest BCUT2D eigenvalue weighted by molar-refractivity contribution is -0.126. The highest BCUT2D eigenvalue weighted by Crippen LogP contribution is 2.35. The van der Waals surface area contributed by atoms with Crippen molar-refractivity contribution in [2.45, 2.75) is 57.7 Å². The molecule has 1 amide bonds. The Labute approximate surface area is 85.8 Å². The van der Waals surface area contributed by atoms with Gasteiger partial charge in [0.15, 0.2) is 0 Å². The van der Waals surface area contributed by atoms with Crippen LogP contribution in [0.25, 0.3) is 0 Å². The summed E-state index contributed by atoms with van der Waals surface area (Å²) in [6, 6.07) is 1.15. The van der Waals surface area contributed by atoms with Crippen molar-refractivity contribution >= 4 is 5.91 Å². The molecule has 2 fully saturated rings. The summed E-state index contributed by atoms with van der Waals surface area (Å²) < 4.78 is 0. The summed E-state index contributed by atoms with van der Waals surface area (Å²) >= 11 is 0. The topological polar surface area (TPSA) is 32.3 Å². The fourth-order valence-electron chi connectivity index (χ4n) is 2.95. The van der Waals surface area contributed by atoms with Gasteiger partial charge >= 0.3 is 0 Å². The van der Waals surface area contributed by atoms with Crippen molar-refractivity contribution in [1.82, 2.24) is 10.2 Å². The Bertz CT molecular complexity index is 252. The number of nitrogens with zero attached hydrogens (tertiary/aromatic N) is 1. The summed E-state index contributed by atoms with van der Waals surface area (Å²) in [4.78, 5) is 13.9. The second-order valence-electron chi connectivity index (χ2n) is 5.10. The Morgan fingerprint density at radius 1 is 1.57 bits per heavy atom. The molecule has 0 aromatic rings. The lowest BCUT2D eigenvalue weighted by atomic mass is 9.85. The molecule has 2 saturated heterocycles. The van der Waals surface area contributed by atoms with Gasteiger partial charge in [-0.2, -0.15) is 0 Å². The minimum atomic E-state index is 0.0413. The van der Waals surface area contributed by atoms with E-state index < -0.39 is 0 Å². The van der Waals surface area contributed by atoms with Gasteiger partial charge in [0, 0.05) is 25.0 Å². The predicted molar refractivity (Wildman–Crippen MR) is 56.0 cm³/mol. The van der Waals surface area contributed by atoms with Crippen LogP contribution in [0.2, 0.25) is 0 Å². The third-order valence-corrected chi connectivity index (χ3v) is 3.76. The number of fused-ring (bicyclic) bond motifs is 1. The van der Waals surface area contributed by atoms with E-state index in [0.29, 0.717) is 18.5 Å². The van der Waals surface area contributed by atoms with Crippen LogP contribution in [-0.2, 0) is 4.79 Å². The molecule has 14 heavy (non-hydrogen) atoms. The van der Waals surface area contributed by atoms with E-state index in [9.17, 15) is 4.79 Å². The van der Waals surface area contributed by atoms with Crippen LogP contribution < -0.4 is 5.32 Å². The van der Waals surface area contributed by atoms with E-state index >= 15 is 0 Å². The number of rotatable bonds is 1. The first-order valence-electron chi connectivity index (χ1n) is 5.60. The van der Waals surface area contributed by atoms with Crippen molar-refractivity contribution in [3.8, 4) is 0 Å². The Morgan fingerprint density at radius 3 is 2.93 bits per heavy atom. The van der Waals surface area contributed by atoms with Crippen LogP contribution in [0.5, 0.6) is 0 Å². The van der Waals surface area contributed by atoms with Crippen molar-refractivity contribution in [2.24, 2.45) is 0 Å². The highest BCUT2D eigenvalue weighted by atomic mass is 16.1. The maximum atomic E-state index is 11.4. The van der Waals surface area contributed by atoms with Gasteiger partial charge in [0.25, 0.3) is 0 Å². The molecular weight excluding hydrogens is 176 g/mol. The van der Waals surface area contributed by atoms with Gasteiger partial charge in [0.1, 0.15) is 0 Å². The average molecular weight is 196 g/mol. The Hall–Kier alpha value is -0.570. The molecule has 0 aromatic carbocycles. The summed E-state index contributed by atoms with van der Waals surface area (Å²) in [5.41, 5.74) is 0.0413. The molecule has 0 radical (unpaired) electrons. The van der Waals surface area contributed by atoms with Crippen LogP contribution in [0.1, 0.15) is 40.0 Å². The number of nitrogens with one attached hydrogen (secondary N) is 1. The normalized spacial score (nSPS) is 38.6. The number of piperidine rings is 1. The van der Waals surface area contributed by atoms with E-state index in [1.54, 1.807) is 0 Å². The van der Waals surface area contributed by atoms with Gasteiger partial charge in [-0.05, 0) is 33.6 Å². The SMILES string of the molecule is CC(C)N1CC[C@]2(C)NC(=O)CC[C@H]12. The van der Waals surface area contributed by atoms with Gasteiger partial charge in [0.2, 0.25) is 5.91 Å². The minimum absolute atomic E-state index is 0.0413. The molecule has 1 N–H and O–H groups in total. The number of likely N-dealkylation sites (tertiary alicyclic amines) is 1. The molecule has 80 valence electrons. The quantitative estimate of drug-likeness (QED) is 0.682. The van der Waals surface area contributed by atoms with Gasteiger partial charge < -0.3 is 5.32 Å². The molecule has 0 aliphatic carbocycles. The highest BCUT2D eigenvalue weighted by Gasteiger charge is 2.47. The van der Waals surface area contributed by atoms with Crippen LogP contribution >= 0.6 is 0 Å². The molecule has 0 aromatic heterocycles. The number of hydrogen-bond donors (Lipinski definition) is 1. The summed E-state index contributed by atoms with van der Waals surface area (Å²) in [6.07, 6.45) is 2.82. The van der Waals surface area contributed by atoms with Crippen LogP contribution in [0.4, 0.5) is 0 Å². The number of carbonyl (C=O) groups is 1. The van der Waals surface area contributed by atoms with Crippen molar-refractivity contribution in [1.29, 1.82) is 0 Å². The average Bonchev–Trinajstić information content (AvgIpc) is 2.40. The van der Waals surface area contributed by atoms with Crippen LogP contribution in [0.3, 0.4) is 0 Å². The van der Waals surface area contributed by atoms with Crippen molar-refractivity contribution < 1.29 is 4.79 Å². The molecule has 0 bridgehead atoms. The molecule has 2 aliphatic rings. The molecule has 0 saturated carbocycles. The summed E-state index contributed by atoms with van der Waals surface area (Å²) in [6.45, 7) is 7.79. The largest absolute Gasteiger partial charge is 0.349 e. The summed E-state index contributed by atoms with van der Waals surface area (Å²) in [5, 5.41) is 3.16. The maximum Gasteiger partial charge on any atom is 0.220 e. The van der Waals surface area contributed by atoms with Crippen LogP contribution in [0.15, 0.2) is 0 Å². The monoisotopic (exact) mass is 196 g/mol. The van der Waals surface area contributed by atoms with Gasteiger partial charge in [-0.25, -0.2) is 0 Å². The zero-order valence-electron chi connectivity index (χ0n) is 9.34. The van der Waals surface area contributed by atoms with E-state index in [1.807, 2.05) is 0 Å². The molecule has 2 rings (SSSR count). The Kier molecular flexibility index (Phi) is 2.30. The van der Waals surface area contributed by atoms with Crippen LogP contribution in [0, 0.1) is 0 Å². The zero-order chi connectivity index (χ0) is 10.3. The van der Waals surface area contributed by atoms with E-state index in [0.717, 1.165) is 19.4 Å². The molecule has 2 heterocycles. The van der Waals surface area contributed by atoms with Gasteiger partial charge in [-0.3, -0.25) is 9.69 Å². The number of carbonyl (C=O) groups excluding carboxylic acids is 1. The van der Waals surface area contributed by atoms with Crippen molar-refractivity contribution in [3.05, 3.63) is 0 Å². The Balaban J connectivity index is 2.16. The maximum absolute atomic E-state index is 11.4. The number of amides is 1. The third-order valence-electron chi connectivity index (χ3n) is 3.76. The standard InChI is InChI=1S/C11H20N2O/c1-8(2)13-7-6-11(3)9(13)4-5-10(14)12-11/h8-9H,4-7H2,1-3H3,(H,12,14)/t9-,11-/m0/s1. The van der Waals surface area contributed by atoms with E-state index in [1.165, 1.54) is 0 Å². The first kappa shape index (κ1) is 9.97. The molecule has 0 spiro atoms. The fraction of sp³-hybridized carbons (Fsp3) is 0.909. The van der Waals surface area contributed by atoms with Gasteiger partial charge in [-0.1, -0.05) is 0 Å². The minimum Gasteiger partial charge on any atom is -0.349 e. The molecule has 0 unspecified atom stereocenters.